The fraction of sp³-hybridized carbons (Fsp3) is 0.316. The number of nitrogens with zero attached hydrogens (tertiary/aromatic N) is 2. The number of aromatic nitrogens is 1. The molecule has 10 heteroatoms. The van der Waals surface area contributed by atoms with Crippen molar-refractivity contribution in [3.8, 4) is 5.75 Å². The summed E-state index contributed by atoms with van der Waals surface area (Å²) >= 11 is 0. The molecule has 0 spiro atoms. The van der Waals surface area contributed by atoms with Crippen LogP contribution in [0.15, 0.2) is 30.5 Å². The fourth-order valence-corrected chi connectivity index (χ4v) is 3.53. The second kappa shape index (κ2) is 7.72. The summed E-state index contributed by atoms with van der Waals surface area (Å²) in [5, 5.41) is 0. The Balaban J connectivity index is 1.57. The van der Waals surface area contributed by atoms with Crippen LogP contribution in [0, 0.1) is 11.6 Å². The van der Waals surface area contributed by atoms with Crippen molar-refractivity contribution in [2.75, 3.05) is 13.2 Å². The van der Waals surface area contributed by atoms with E-state index in [1.165, 1.54) is 23.2 Å². The number of hydrogen-bond acceptors (Lipinski definition) is 6. The molecule has 3 heterocycles. The molecule has 152 valence electrons. The first-order chi connectivity index (χ1) is 14.0. The molecule has 0 bridgehead atoms. The quantitative estimate of drug-likeness (QED) is 0.450. The van der Waals surface area contributed by atoms with Crippen molar-refractivity contribution in [2.24, 2.45) is 5.84 Å². The van der Waals surface area contributed by atoms with Gasteiger partial charge in [0.25, 0.3) is 11.8 Å². The predicted octanol–water partition coefficient (Wildman–Crippen LogP) is 1.16. The number of hydrazine groups is 1. The Kier molecular flexibility index (Phi) is 5.12. The second-order valence-electron chi connectivity index (χ2n) is 6.79. The maximum absolute atomic E-state index is 14.0. The van der Waals surface area contributed by atoms with E-state index in [2.05, 4.69) is 4.98 Å². The van der Waals surface area contributed by atoms with Crippen LogP contribution in [0.5, 0.6) is 5.75 Å². The zero-order chi connectivity index (χ0) is 20.5. The third kappa shape index (κ3) is 3.64. The van der Waals surface area contributed by atoms with Crippen LogP contribution in [0.25, 0.3) is 0 Å². The Morgan fingerprint density at radius 3 is 2.93 bits per heavy atom. The number of carbonyl (C=O) groups excluding carboxylic acids is 2. The van der Waals surface area contributed by atoms with Crippen LogP contribution in [0.2, 0.25) is 0 Å². The Hall–Kier alpha value is -3.11. The van der Waals surface area contributed by atoms with Crippen LogP contribution in [0.4, 0.5) is 8.78 Å². The number of rotatable bonds is 4. The van der Waals surface area contributed by atoms with Crippen molar-refractivity contribution >= 4 is 11.8 Å². The molecular formula is C19H18F2N4O4. The van der Waals surface area contributed by atoms with Gasteiger partial charge in [-0.3, -0.25) is 20.0 Å². The summed E-state index contributed by atoms with van der Waals surface area (Å²) in [6, 6.07) is 4.01. The molecule has 2 amide bonds. The number of nitrogens with two attached hydrogens (primary N) is 1. The summed E-state index contributed by atoms with van der Waals surface area (Å²) < 4.78 is 38.5. The number of ether oxygens (including phenoxy) is 2. The fourth-order valence-electron chi connectivity index (χ4n) is 3.53. The number of halogens is 2. The van der Waals surface area contributed by atoms with Gasteiger partial charge in [0.15, 0.2) is 11.6 Å². The molecule has 1 aromatic heterocycles. The summed E-state index contributed by atoms with van der Waals surface area (Å²) in [4.78, 5) is 30.4. The summed E-state index contributed by atoms with van der Waals surface area (Å²) in [6.07, 6.45) is 1.22. The van der Waals surface area contributed by atoms with E-state index >= 15 is 0 Å². The van der Waals surface area contributed by atoms with Crippen molar-refractivity contribution in [3.05, 3.63) is 58.9 Å². The molecule has 2 aliphatic heterocycles. The van der Waals surface area contributed by atoms with E-state index in [0.29, 0.717) is 24.3 Å². The van der Waals surface area contributed by atoms with Gasteiger partial charge in [-0.25, -0.2) is 14.6 Å². The molecule has 0 radical (unpaired) electrons. The molecule has 3 N–H and O–H groups in total. The average molecular weight is 404 g/mol. The molecule has 0 saturated carbocycles. The molecule has 2 atom stereocenters. The number of hydrogen-bond donors (Lipinski definition) is 2. The maximum atomic E-state index is 14.0. The van der Waals surface area contributed by atoms with Crippen LogP contribution in [-0.4, -0.2) is 47.1 Å². The van der Waals surface area contributed by atoms with E-state index in [1.807, 2.05) is 5.43 Å². The van der Waals surface area contributed by atoms with Crippen LogP contribution in [0.3, 0.4) is 0 Å². The number of nitrogen functional groups attached to an aromatic ring is 1. The van der Waals surface area contributed by atoms with E-state index < -0.39 is 29.7 Å². The van der Waals surface area contributed by atoms with Gasteiger partial charge in [0.2, 0.25) is 0 Å². The maximum Gasteiger partial charge on any atom is 0.266 e. The van der Waals surface area contributed by atoms with Crippen molar-refractivity contribution in [1.82, 2.24) is 15.3 Å². The first-order valence-electron chi connectivity index (χ1n) is 8.98. The lowest BCUT2D eigenvalue weighted by Gasteiger charge is -2.37. The highest BCUT2D eigenvalue weighted by molar-refractivity contribution is 6.01. The van der Waals surface area contributed by atoms with Crippen molar-refractivity contribution < 1.29 is 27.8 Å². The Labute approximate surface area is 164 Å². The number of nitrogens with one attached hydrogen (secondary N) is 1. The van der Waals surface area contributed by atoms with Crippen LogP contribution < -0.4 is 16.0 Å². The predicted molar refractivity (Wildman–Crippen MR) is 95.8 cm³/mol. The summed E-state index contributed by atoms with van der Waals surface area (Å²) in [6.45, 7) is 0.792. The van der Waals surface area contributed by atoms with Crippen molar-refractivity contribution in [2.45, 2.75) is 25.1 Å². The van der Waals surface area contributed by atoms with Crippen LogP contribution in [0.1, 0.15) is 32.8 Å². The first kappa shape index (κ1) is 19.2. The van der Waals surface area contributed by atoms with Gasteiger partial charge in [-0.2, -0.15) is 0 Å². The summed E-state index contributed by atoms with van der Waals surface area (Å²) in [5.41, 5.74) is 2.98. The first-order valence-corrected chi connectivity index (χ1v) is 8.98. The molecule has 1 saturated heterocycles. The van der Waals surface area contributed by atoms with E-state index in [1.54, 1.807) is 0 Å². The van der Waals surface area contributed by atoms with Gasteiger partial charge in [0.05, 0.1) is 42.6 Å². The average Bonchev–Trinajstić information content (AvgIpc) is 3.05. The third-order valence-electron chi connectivity index (χ3n) is 5.01. The monoisotopic (exact) mass is 404 g/mol. The molecule has 2 aliphatic rings. The van der Waals surface area contributed by atoms with Gasteiger partial charge in [0, 0.05) is 18.7 Å². The molecular weight excluding hydrogens is 386 g/mol. The Morgan fingerprint density at radius 2 is 2.17 bits per heavy atom. The molecule has 0 unspecified atom stereocenters. The van der Waals surface area contributed by atoms with Gasteiger partial charge in [-0.15, -0.1) is 0 Å². The molecule has 1 aromatic carbocycles. The highest BCUT2D eigenvalue weighted by atomic mass is 19.1. The third-order valence-corrected chi connectivity index (χ3v) is 5.01. The largest absolute Gasteiger partial charge is 0.485 e. The second-order valence-corrected chi connectivity index (χ2v) is 6.79. The minimum Gasteiger partial charge on any atom is -0.485 e. The van der Waals surface area contributed by atoms with E-state index in [9.17, 15) is 18.4 Å². The van der Waals surface area contributed by atoms with E-state index in [0.717, 1.165) is 12.1 Å². The number of fused-ring (bicyclic) bond motifs is 1. The van der Waals surface area contributed by atoms with Gasteiger partial charge in [-0.05, 0) is 18.2 Å². The lowest BCUT2D eigenvalue weighted by molar-refractivity contribution is -0.0440. The summed E-state index contributed by atoms with van der Waals surface area (Å²) in [5.74, 6) is 2.64. The molecule has 4 rings (SSSR count). The Morgan fingerprint density at radius 1 is 1.34 bits per heavy atom. The zero-order valence-electron chi connectivity index (χ0n) is 15.2. The molecule has 8 nitrogen and oxygen atoms in total. The van der Waals surface area contributed by atoms with E-state index in [-0.39, 0.29) is 30.4 Å². The van der Waals surface area contributed by atoms with Crippen molar-refractivity contribution in [3.63, 3.8) is 0 Å². The smallest absolute Gasteiger partial charge is 0.266 e. The lowest BCUT2D eigenvalue weighted by Crippen LogP contribution is -2.52. The van der Waals surface area contributed by atoms with Gasteiger partial charge in [-0.1, -0.05) is 0 Å². The van der Waals surface area contributed by atoms with Gasteiger partial charge < -0.3 is 14.4 Å². The van der Waals surface area contributed by atoms with Crippen molar-refractivity contribution in [1.29, 1.82) is 0 Å². The summed E-state index contributed by atoms with van der Waals surface area (Å²) in [7, 11) is 0. The van der Waals surface area contributed by atoms with Crippen LogP contribution in [-0.2, 0) is 11.3 Å². The number of carbonyl (C=O) groups is 2. The standard InChI is InChI=1S/C19H18F2N4O4/c20-11-1-2-16(13(21)6-11)29-17-3-4-28-9-15(17)25-8-14-12(19(25)27)5-10(7-23-14)18(26)24-22/h1-2,5-7,15,17H,3-4,8-9,22H2,(H,24,26)/t15-,17-/m1/s1. The highest BCUT2D eigenvalue weighted by Gasteiger charge is 2.40. The highest BCUT2D eigenvalue weighted by Crippen LogP contribution is 2.30. The number of pyridine rings is 1. The minimum absolute atomic E-state index is 0.0903. The minimum atomic E-state index is -0.814. The molecule has 1 fully saturated rings. The van der Waals surface area contributed by atoms with Crippen LogP contribution >= 0.6 is 0 Å². The van der Waals surface area contributed by atoms with Gasteiger partial charge in [0.1, 0.15) is 11.9 Å². The zero-order valence-corrected chi connectivity index (χ0v) is 15.2. The normalized spacial score (nSPS) is 21.1. The SMILES string of the molecule is NNC(=O)c1cnc2c(c1)C(=O)N([C@@H]1COCC[C@H]1Oc1ccc(F)cc1F)C2. The molecule has 2 aromatic rings. The molecule has 29 heavy (non-hydrogen) atoms. The Bertz CT molecular complexity index is 971. The molecule has 0 aliphatic carbocycles. The van der Waals surface area contributed by atoms with E-state index in [4.69, 9.17) is 15.3 Å². The van der Waals surface area contributed by atoms with Gasteiger partial charge >= 0.3 is 0 Å². The number of benzene rings is 1. The number of amides is 2. The topological polar surface area (TPSA) is 107 Å². The lowest BCUT2D eigenvalue weighted by atomic mass is 10.0.